The highest BCUT2D eigenvalue weighted by Gasteiger charge is 2.31. The second-order valence-corrected chi connectivity index (χ2v) is 9.86. The number of amides is 3. The van der Waals surface area contributed by atoms with Crippen molar-refractivity contribution in [3.05, 3.63) is 58.8 Å². The van der Waals surface area contributed by atoms with Crippen LogP contribution in [0.2, 0.25) is 0 Å². The molecule has 8 nitrogen and oxygen atoms in total. The first-order valence-electron chi connectivity index (χ1n) is 12.3. The Morgan fingerprint density at radius 3 is 2.54 bits per heavy atom. The van der Waals surface area contributed by atoms with Gasteiger partial charge in [0.05, 0.1) is 0 Å². The number of hydrogen-bond donors (Lipinski definition) is 2. The number of aromatic amines is 1. The van der Waals surface area contributed by atoms with Gasteiger partial charge >= 0.3 is 11.9 Å². The zero-order chi connectivity index (χ0) is 25.2. The first-order chi connectivity index (χ1) is 16.8. The highest BCUT2D eigenvalue weighted by atomic mass is 16.2. The largest absolute Gasteiger partial charge is 0.359 e. The second-order valence-electron chi connectivity index (χ2n) is 9.86. The number of benzene rings is 1. The van der Waals surface area contributed by atoms with E-state index in [0.717, 1.165) is 48.9 Å². The molecular formula is C27H34N6O2. The summed E-state index contributed by atoms with van der Waals surface area (Å²) in [5, 5.41) is 3.01. The summed E-state index contributed by atoms with van der Waals surface area (Å²) in [5.41, 5.74) is 4.51. The summed E-state index contributed by atoms with van der Waals surface area (Å²) >= 11 is 0. The fourth-order valence-corrected chi connectivity index (χ4v) is 5.32. The maximum Gasteiger partial charge on any atom is 0.319 e. The number of H-pyrrole nitrogens is 1. The average molecular weight is 475 g/mol. The van der Waals surface area contributed by atoms with Gasteiger partial charge in [0.1, 0.15) is 0 Å². The van der Waals surface area contributed by atoms with E-state index < -0.39 is 0 Å². The van der Waals surface area contributed by atoms with E-state index in [0.29, 0.717) is 18.5 Å². The molecule has 0 radical (unpaired) electrons. The number of anilines is 1. The minimum absolute atomic E-state index is 0.0352. The van der Waals surface area contributed by atoms with Gasteiger partial charge in [0.15, 0.2) is 0 Å². The zero-order valence-electron chi connectivity index (χ0n) is 21.0. The summed E-state index contributed by atoms with van der Waals surface area (Å²) < 4.78 is 0. The Hall–Kier alpha value is -3.60. The summed E-state index contributed by atoms with van der Waals surface area (Å²) in [4.78, 5) is 38.7. The summed E-state index contributed by atoms with van der Waals surface area (Å²) in [6.07, 6.45) is 9.21. The Morgan fingerprint density at radius 1 is 1.26 bits per heavy atom. The van der Waals surface area contributed by atoms with Gasteiger partial charge in [-0.1, -0.05) is 50.4 Å². The molecule has 1 saturated heterocycles. The van der Waals surface area contributed by atoms with Gasteiger partial charge in [-0.2, -0.15) is 0 Å². The number of imidazole rings is 1. The summed E-state index contributed by atoms with van der Waals surface area (Å²) in [7, 11) is 3.67. The predicted molar refractivity (Wildman–Crippen MR) is 137 cm³/mol. The highest BCUT2D eigenvalue weighted by molar-refractivity contribution is 6.03. The van der Waals surface area contributed by atoms with Crippen LogP contribution in [-0.2, 0) is 0 Å². The third-order valence-corrected chi connectivity index (χ3v) is 7.85. The molecule has 0 spiro atoms. The lowest BCUT2D eigenvalue weighted by Gasteiger charge is -2.37. The van der Waals surface area contributed by atoms with Crippen LogP contribution in [0.15, 0.2) is 30.5 Å². The predicted octanol–water partition coefficient (Wildman–Crippen LogP) is 5.67. The van der Waals surface area contributed by atoms with E-state index in [9.17, 15) is 9.59 Å². The monoisotopic (exact) mass is 474 g/mol. The van der Waals surface area contributed by atoms with Crippen molar-refractivity contribution in [1.29, 1.82) is 0 Å². The Morgan fingerprint density at radius 2 is 1.97 bits per heavy atom. The van der Waals surface area contributed by atoms with Crippen molar-refractivity contribution in [3.8, 4) is 0 Å². The SMILES string of the molecule is [C-]#[N+]c1c[nH]c(C(=O)Nc2ccc(C3CN(C)C(=O)N(C)C3)cc2C2=CCC(CC)(CC)CC2)n1. The molecule has 35 heavy (non-hydrogen) atoms. The molecule has 1 aromatic heterocycles. The van der Waals surface area contributed by atoms with Gasteiger partial charge in [0, 0.05) is 50.6 Å². The molecule has 4 rings (SSSR count). The van der Waals surface area contributed by atoms with Gasteiger partial charge in [0.2, 0.25) is 0 Å². The molecule has 1 fully saturated rings. The van der Waals surface area contributed by atoms with E-state index in [2.05, 4.69) is 46.1 Å². The minimum atomic E-state index is -0.371. The molecule has 1 aromatic carbocycles. The lowest BCUT2D eigenvalue weighted by Crippen LogP contribution is -2.48. The standard InChI is InChI=1S/C27H34N6O2/c1-6-27(7-2)12-10-18(11-13-27)21-14-19(20-16-32(4)26(35)33(5)17-20)8-9-22(21)30-25(34)24-29-15-23(28-3)31-24/h8-10,14-15,20H,6-7,11-13,16-17H2,1-2,4-5H3,(H,29,31)(H,30,34). The van der Waals surface area contributed by atoms with Crippen molar-refractivity contribution in [3.63, 3.8) is 0 Å². The van der Waals surface area contributed by atoms with Crippen molar-refractivity contribution in [1.82, 2.24) is 19.8 Å². The fourth-order valence-electron chi connectivity index (χ4n) is 5.32. The maximum absolute atomic E-state index is 12.9. The molecule has 2 N–H and O–H groups in total. The van der Waals surface area contributed by atoms with Crippen LogP contribution < -0.4 is 5.32 Å². The van der Waals surface area contributed by atoms with Gasteiger partial charge in [-0.25, -0.2) is 4.79 Å². The Balaban J connectivity index is 1.68. The first kappa shape index (κ1) is 24.5. The molecule has 8 heteroatoms. The number of likely N-dealkylation sites (N-methyl/N-ethyl adjacent to an activating group) is 2. The Bertz CT molecular complexity index is 1170. The Labute approximate surface area is 207 Å². The lowest BCUT2D eigenvalue weighted by atomic mass is 9.70. The second kappa shape index (κ2) is 9.95. The number of carbonyl (C=O) groups is 2. The van der Waals surface area contributed by atoms with E-state index in [4.69, 9.17) is 6.57 Å². The number of carbonyl (C=O) groups excluding carboxylic acids is 2. The van der Waals surface area contributed by atoms with Gasteiger partial charge in [-0.05, 0) is 47.9 Å². The minimum Gasteiger partial charge on any atom is -0.359 e. The summed E-state index contributed by atoms with van der Waals surface area (Å²) in [5.74, 6) is 0.0986. The van der Waals surface area contributed by atoms with E-state index >= 15 is 0 Å². The van der Waals surface area contributed by atoms with Crippen LogP contribution in [-0.4, -0.2) is 58.9 Å². The Kier molecular flexibility index (Phi) is 6.97. The van der Waals surface area contributed by atoms with Crippen molar-refractivity contribution in [2.45, 2.75) is 51.9 Å². The molecule has 0 saturated carbocycles. The zero-order valence-corrected chi connectivity index (χ0v) is 21.0. The smallest absolute Gasteiger partial charge is 0.319 e. The molecule has 3 amide bonds. The average Bonchev–Trinajstić information content (AvgIpc) is 3.37. The van der Waals surface area contributed by atoms with Crippen LogP contribution >= 0.6 is 0 Å². The van der Waals surface area contributed by atoms with Gasteiger partial charge in [-0.15, -0.1) is 0 Å². The van der Waals surface area contributed by atoms with E-state index in [-0.39, 0.29) is 29.5 Å². The van der Waals surface area contributed by atoms with Crippen molar-refractivity contribution >= 4 is 29.0 Å². The van der Waals surface area contributed by atoms with Crippen LogP contribution in [0.5, 0.6) is 0 Å². The van der Waals surface area contributed by atoms with Crippen LogP contribution in [0.1, 0.15) is 73.6 Å². The first-order valence-corrected chi connectivity index (χ1v) is 12.3. The molecule has 1 aliphatic carbocycles. The van der Waals surface area contributed by atoms with Crippen LogP contribution in [0, 0.1) is 12.0 Å². The normalized spacial score (nSPS) is 18.3. The van der Waals surface area contributed by atoms with Gasteiger partial charge in [0.25, 0.3) is 11.6 Å². The number of allylic oxidation sites excluding steroid dienone is 2. The van der Waals surface area contributed by atoms with Gasteiger partial charge < -0.3 is 24.9 Å². The molecule has 184 valence electrons. The molecule has 0 bridgehead atoms. The molecular weight excluding hydrogens is 440 g/mol. The molecule has 0 atom stereocenters. The van der Waals surface area contributed by atoms with Crippen LogP contribution in [0.3, 0.4) is 0 Å². The summed E-state index contributed by atoms with van der Waals surface area (Å²) in [6, 6.07) is 6.22. The number of hydrogen-bond acceptors (Lipinski definition) is 3. The third-order valence-electron chi connectivity index (χ3n) is 7.85. The van der Waals surface area contributed by atoms with Gasteiger partial charge in [-0.3, -0.25) is 4.79 Å². The number of rotatable bonds is 6. The maximum atomic E-state index is 12.9. The van der Waals surface area contributed by atoms with E-state index in [1.165, 1.54) is 11.8 Å². The van der Waals surface area contributed by atoms with E-state index in [1.807, 2.05) is 26.2 Å². The third kappa shape index (κ3) is 4.95. The molecule has 2 heterocycles. The number of nitrogens with one attached hydrogen (secondary N) is 2. The topological polar surface area (TPSA) is 85.7 Å². The quantitative estimate of drug-likeness (QED) is 0.529. The fraction of sp³-hybridized carbons (Fsp3) is 0.481. The molecule has 0 unspecified atom stereocenters. The van der Waals surface area contributed by atoms with Crippen molar-refractivity contribution in [2.24, 2.45) is 5.41 Å². The molecule has 2 aliphatic rings. The van der Waals surface area contributed by atoms with Crippen molar-refractivity contribution in [2.75, 3.05) is 32.5 Å². The molecule has 2 aromatic rings. The van der Waals surface area contributed by atoms with E-state index in [1.54, 1.807) is 9.80 Å². The summed E-state index contributed by atoms with van der Waals surface area (Å²) in [6.45, 7) is 13.0. The van der Waals surface area contributed by atoms with Crippen molar-refractivity contribution < 1.29 is 9.59 Å². The van der Waals surface area contributed by atoms with Crippen LogP contribution in [0.4, 0.5) is 16.3 Å². The molecule has 1 aliphatic heterocycles. The number of urea groups is 1. The number of nitrogens with zero attached hydrogens (tertiary/aromatic N) is 4. The van der Waals surface area contributed by atoms with Crippen LogP contribution in [0.25, 0.3) is 10.4 Å². The number of aromatic nitrogens is 2. The lowest BCUT2D eigenvalue weighted by molar-refractivity contribution is 0.101. The highest BCUT2D eigenvalue weighted by Crippen LogP contribution is 2.45.